The molecule has 0 fully saturated rings. The molecule has 0 amide bonds. The van der Waals surface area contributed by atoms with Crippen molar-refractivity contribution in [1.82, 2.24) is 19.9 Å². The summed E-state index contributed by atoms with van der Waals surface area (Å²) < 4.78 is 0. The fourth-order valence-corrected chi connectivity index (χ4v) is 12.9. The Balaban J connectivity index is 0.000000824. The average Bonchev–Trinajstić information content (AvgIpc) is 1.63. The number of aromatic nitrogens is 4. The Morgan fingerprint density at radius 3 is 0.517 bits per heavy atom. The van der Waals surface area contributed by atoms with Gasteiger partial charge in [-0.05, 0) is 179 Å². The molecule has 0 spiro atoms. The first-order valence-corrected chi connectivity index (χ1v) is 31.4. The van der Waals surface area contributed by atoms with E-state index in [1.165, 1.54) is 0 Å². The molecule has 4 aromatic heterocycles. The van der Waals surface area contributed by atoms with Gasteiger partial charge in [0.1, 0.15) is 0 Å². The summed E-state index contributed by atoms with van der Waals surface area (Å²) >= 11 is 0. The van der Waals surface area contributed by atoms with Gasteiger partial charge < -0.3 is 19.9 Å². The van der Waals surface area contributed by atoms with Gasteiger partial charge in [-0.1, -0.05) is 274 Å². The second-order valence-corrected chi connectivity index (χ2v) is 21.2. The van der Waals surface area contributed by atoms with E-state index in [0.29, 0.717) is 0 Å². The molecule has 0 atom stereocenters. The molecule has 1 aliphatic carbocycles. The first-order chi connectivity index (χ1) is 43.7. The molecule has 1 aliphatic rings. The minimum Gasteiger partial charge on any atom is -0.656 e. The summed E-state index contributed by atoms with van der Waals surface area (Å²) in [7, 11) is 0. The van der Waals surface area contributed by atoms with Gasteiger partial charge in [-0.3, -0.25) is 0 Å². The molecule has 0 radical (unpaired) electrons. The molecule has 17 rings (SSSR count). The van der Waals surface area contributed by atoms with Crippen LogP contribution in [-0.4, -0.2) is 0 Å². The summed E-state index contributed by atoms with van der Waals surface area (Å²) in [5, 5.41) is 20.8. The summed E-state index contributed by atoms with van der Waals surface area (Å²) in [5.41, 5.74) is 11.3. The molecule has 16 aromatic rings. The average molecular weight is 1240 g/mol. The predicted molar refractivity (Wildman–Crippen MR) is 375 cm³/mol. The van der Waals surface area contributed by atoms with Gasteiger partial charge in [0, 0.05) is 20.4 Å². The van der Waals surface area contributed by atoms with E-state index in [9.17, 15) is 0 Å². The Labute approximate surface area is 534 Å². The maximum atomic E-state index is 6.12. The molecular weight excluding hydrogens is 1170 g/mol. The summed E-state index contributed by atoms with van der Waals surface area (Å²) in [4.78, 5) is 24.5. The Hall–Kier alpha value is -10.0. The number of benzene rings is 12. The van der Waals surface area contributed by atoms with Crippen LogP contribution >= 0.6 is 0 Å². The van der Waals surface area contributed by atoms with Gasteiger partial charge in [0.05, 0.1) is 0 Å². The van der Waals surface area contributed by atoms with E-state index in [1.807, 2.05) is 55.4 Å². The Kier molecular flexibility index (Phi) is 17.2. The van der Waals surface area contributed by atoms with Crippen LogP contribution in [0.3, 0.4) is 0 Å². The Morgan fingerprint density at radius 2 is 0.337 bits per heavy atom. The maximum Gasteiger partial charge on any atom is 0 e. The summed E-state index contributed by atoms with van der Waals surface area (Å²) in [6, 6.07) is 96.7. The van der Waals surface area contributed by atoms with Crippen LogP contribution in [0.4, 0.5) is 0 Å². The van der Waals surface area contributed by atoms with Crippen molar-refractivity contribution in [2.24, 2.45) is 0 Å². The Morgan fingerprint density at radius 1 is 0.180 bits per heavy atom. The predicted octanol–water partition coefficient (Wildman–Crippen LogP) is 18.1. The summed E-state index contributed by atoms with van der Waals surface area (Å²) in [5.74, 6) is 0. The maximum absolute atomic E-state index is 6.12. The van der Waals surface area contributed by atoms with Crippen molar-refractivity contribution in [1.29, 1.82) is 0 Å². The van der Waals surface area contributed by atoms with Crippen molar-refractivity contribution < 1.29 is 20.4 Å². The molecule has 0 unspecified atom stereocenters. The second-order valence-electron chi connectivity index (χ2n) is 21.2. The van der Waals surface area contributed by atoms with Crippen LogP contribution in [0, 0.1) is 0 Å². The largest absolute Gasteiger partial charge is 0.656 e. The molecule has 5 heteroatoms. The minimum absolute atomic E-state index is 0. The van der Waals surface area contributed by atoms with E-state index in [4.69, 9.17) is 19.9 Å². The van der Waals surface area contributed by atoms with Crippen LogP contribution in [0.25, 0.3) is 108 Å². The zero-order chi connectivity index (χ0) is 60.4. The van der Waals surface area contributed by atoms with E-state index in [1.54, 1.807) is 0 Å². The van der Waals surface area contributed by atoms with Gasteiger partial charge in [-0.25, -0.2) is 0 Å². The molecule has 8 bridgehead atoms. The molecule has 12 aromatic carbocycles. The molecule has 0 aliphatic heterocycles. The van der Waals surface area contributed by atoms with E-state index >= 15 is 0 Å². The fraction of sp³-hybridized carbons (Fsp3) is 0.0952. The van der Waals surface area contributed by atoms with Gasteiger partial charge in [0.15, 0.2) is 0 Å². The topological polar surface area (TPSA) is 56.4 Å². The first kappa shape index (κ1) is 59.3. The third kappa shape index (κ3) is 10.2. The molecule has 4 nitrogen and oxygen atoms in total. The quantitative estimate of drug-likeness (QED) is 0.165. The second kappa shape index (κ2) is 25.7. The molecule has 89 heavy (non-hydrogen) atoms. The first-order valence-electron chi connectivity index (χ1n) is 31.4. The number of hydrogen-bond donors (Lipinski definition) is 0. The van der Waals surface area contributed by atoms with Gasteiger partial charge in [-0.15, -0.1) is 44.2 Å². The van der Waals surface area contributed by atoms with Crippen molar-refractivity contribution in [2.75, 3.05) is 0 Å². The zero-order valence-electron chi connectivity index (χ0n) is 51.5. The van der Waals surface area contributed by atoms with Crippen LogP contribution in [-0.2, 0) is 20.4 Å². The molecule has 438 valence electrons. The monoisotopic (exact) mass is 1240 g/mol. The molecular formula is C84H68N4Pd-4. The van der Waals surface area contributed by atoms with E-state index in [0.717, 1.165) is 175 Å². The van der Waals surface area contributed by atoms with E-state index in [2.05, 4.69) is 267 Å². The number of hydrogen-bond acceptors (Lipinski definition) is 0. The Bertz CT molecular complexity index is 4830. The number of nitrogens with zero attached hydrogens (tertiary/aromatic N) is 4. The summed E-state index contributed by atoms with van der Waals surface area (Å²) in [6.45, 7) is 16.0. The van der Waals surface area contributed by atoms with Crippen LogP contribution in [0.1, 0.15) is 100 Å². The standard InChI is InChI=1S/C76H44N4.4C2H6.Pd/c1-5-21-45(22-6-1)65-69-57-37-49-29-13-15-31-51(49)39-59(57)71(77-69)66(46-23-7-2-8-24-46)73-61-41-53-33-17-19-35-55(53)43-63(61)75(79-73)68(48-27-11-4-12-28-48)76-64-44-56-36-20-18-34-54(56)42-62(64)74(80-76)67(47-25-9-3-10-26-47)72-60-40-52-32-16-14-30-50(52)38-58(60)70(65)78-72;4*1-2;/h1-44H;4*1-2H3;/q-4;;;;;. The van der Waals surface area contributed by atoms with Gasteiger partial charge >= 0.3 is 0 Å². The van der Waals surface area contributed by atoms with Crippen molar-refractivity contribution in [3.05, 3.63) is 333 Å². The molecule has 0 saturated carbocycles. The number of rotatable bonds is 4. The van der Waals surface area contributed by atoms with Crippen molar-refractivity contribution >= 4 is 108 Å². The van der Waals surface area contributed by atoms with Crippen molar-refractivity contribution in [3.8, 4) is 0 Å². The van der Waals surface area contributed by atoms with Crippen LogP contribution < -0.4 is 41.3 Å². The van der Waals surface area contributed by atoms with Crippen LogP contribution in [0.5, 0.6) is 0 Å². The van der Waals surface area contributed by atoms with E-state index in [-0.39, 0.29) is 20.4 Å². The van der Waals surface area contributed by atoms with Crippen LogP contribution in [0.15, 0.2) is 267 Å². The SMILES string of the molecule is CC.CC.CC.CC.[Pd].c1ccc(C2=c3[n-]c(c4cc5ccccc5cc34)=C(c3ccccc3)c3[n-]c(c4cc5ccccc5cc34)C(c3ccccc3)=c3[n-]c(c4cc5ccccc5cc34)=C(c3ccccc3)c3[n-]c2c2cc4ccccc4cc32)cc1. The minimum atomic E-state index is 0. The van der Waals surface area contributed by atoms with Gasteiger partial charge in [0.2, 0.25) is 0 Å². The van der Waals surface area contributed by atoms with Gasteiger partial charge in [-0.2, -0.15) is 0 Å². The summed E-state index contributed by atoms with van der Waals surface area (Å²) in [6.07, 6.45) is 0. The molecule has 4 heterocycles. The third-order valence-corrected chi connectivity index (χ3v) is 16.6. The number of fused-ring (bicyclic) bond motifs is 4. The molecule has 0 saturated heterocycles. The van der Waals surface area contributed by atoms with Crippen molar-refractivity contribution in [3.63, 3.8) is 0 Å². The normalized spacial score (nSPS) is 11.9. The van der Waals surface area contributed by atoms with Crippen LogP contribution in [0.2, 0.25) is 0 Å². The van der Waals surface area contributed by atoms with E-state index < -0.39 is 0 Å². The molecule has 0 N–H and O–H groups in total. The smallest absolute Gasteiger partial charge is 0 e. The van der Waals surface area contributed by atoms with Crippen molar-refractivity contribution in [2.45, 2.75) is 55.4 Å². The zero-order valence-corrected chi connectivity index (χ0v) is 53.1. The van der Waals surface area contributed by atoms with Gasteiger partial charge in [0.25, 0.3) is 0 Å². The third-order valence-electron chi connectivity index (χ3n) is 16.6. The fourth-order valence-electron chi connectivity index (χ4n) is 12.9.